The molecule has 0 fully saturated rings. The van der Waals surface area contributed by atoms with Gasteiger partial charge in [-0.15, -0.1) is 0 Å². The maximum Gasteiger partial charge on any atom is 0.354 e. The molecular formula is C14H37NO2Si3. The second-order valence-corrected chi connectivity index (χ2v) is 21.3. The molecule has 0 aliphatic heterocycles. The van der Waals surface area contributed by atoms with Crippen molar-refractivity contribution in [1.29, 1.82) is 0 Å². The van der Waals surface area contributed by atoms with E-state index in [4.69, 9.17) is 8.85 Å². The van der Waals surface area contributed by atoms with Gasteiger partial charge in [-0.05, 0) is 26.8 Å². The normalized spacial score (nSPS) is 15.8. The molecule has 0 saturated heterocycles. The molecule has 3 nitrogen and oxygen atoms in total. The lowest BCUT2D eigenvalue weighted by Crippen LogP contribution is -2.71. The SMILES string of the molecule is CCO[Si](CC)(OCC)C(C)N([Si](C)(C)C)[Si](C)(C)C. The number of rotatable bonds is 9. The Kier molecular flexibility index (Phi) is 7.89. The molecule has 0 saturated carbocycles. The third-order valence-electron chi connectivity index (χ3n) is 3.74. The molecule has 0 rings (SSSR count). The van der Waals surface area contributed by atoms with E-state index in [1.165, 1.54) is 0 Å². The Labute approximate surface area is 130 Å². The van der Waals surface area contributed by atoms with Crippen molar-refractivity contribution in [2.45, 2.75) is 78.7 Å². The molecule has 0 heterocycles. The summed E-state index contributed by atoms with van der Waals surface area (Å²) in [4.78, 5) is 0. The van der Waals surface area contributed by atoms with E-state index in [2.05, 4.69) is 71.2 Å². The van der Waals surface area contributed by atoms with Gasteiger partial charge in [0.2, 0.25) is 0 Å². The highest BCUT2D eigenvalue weighted by Gasteiger charge is 2.50. The second-order valence-electron chi connectivity index (χ2n) is 7.42. The van der Waals surface area contributed by atoms with Crippen LogP contribution in [0.5, 0.6) is 0 Å². The summed E-state index contributed by atoms with van der Waals surface area (Å²) in [7, 11) is -4.96. The average Bonchev–Trinajstić information content (AvgIpc) is 2.24. The van der Waals surface area contributed by atoms with Gasteiger partial charge >= 0.3 is 8.56 Å². The van der Waals surface area contributed by atoms with Crippen LogP contribution < -0.4 is 0 Å². The van der Waals surface area contributed by atoms with Gasteiger partial charge in [-0.3, -0.25) is 0 Å². The van der Waals surface area contributed by atoms with E-state index in [-0.39, 0.29) is 0 Å². The molecule has 20 heavy (non-hydrogen) atoms. The fraction of sp³-hybridized carbons (Fsp3) is 1.00. The van der Waals surface area contributed by atoms with Crippen molar-refractivity contribution < 1.29 is 8.85 Å². The predicted octanol–water partition coefficient (Wildman–Crippen LogP) is 4.42. The molecule has 0 bridgehead atoms. The Bertz CT molecular complexity index is 267. The van der Waals surface area contributed by atoms with Crippen LogP contribution >= 0.6 is 0 Å². The third kappa shape index (κ3) is 5.07. The van der Waals surface area contributed by atoms with Crippen molar-refractivity contribution in [1.82, 2.24) is 4.23 Å². The molecule has 0 aliphatic rings. The smallest absolute Gasteiger partial charge is 0.354 e. The molecule has 1 atom stereocenters. The van der Waals surface area contributed by atoms with E-state index in [9.17, 15) is 0 Å². The summed E-state index contributed by atoms with van der Waals surface area (Å²) in [5.41, 5.74) is 0.436. The van der Waals surface area contributed by atoms with E-state index >= 15 is 0 Å². The van der Waals surface area contributed by atoms with Gasteiger partial charge in [-0.25, -0.2) is 0 Å². The number of hydrogen-bond acceptors (Lipinski definition) is 3. The zero-order valence-electron chi connectivity index (χ0n) is 15.5. The van der Waals surface area contributed by atoms with Gasteiger partial charge in [0.15, 0.2) is 0 Å². The first-order chi connectivity index (χ1) is 8.96. The molecular weight excluding hydrogens is 298 g/mol. The van der Waals surface area contributed by atoms with Gasteiger partial charge in [0.25, 0.3) is 0 Å². The topological polar surface area (TPSA) is 21.7 Å². The molecule has 1 unspecified atom stereocenters. The van der Waals surface area contributed by atoms with Crippen LogP contribution in [-0.2, 0) is 8.85 Å². The van der Waals surface area contributed by atoms with E-state index in [1.807, 2.05) is 0 Å². The van der Waals surface area contributed by atoms with Gasteiger partial charge in [-0.1, -0.05) is 46.2 Å². The molecule has 6 heteroatoms. The molecule has 0 aromatic heterocycles. The highest BCUT2D eigenvalue weighted by atomic mass is 28.4. The van der Waals surface area contributed by atoms with Crippen LogP contribution in [0.2, 0.25) is 45.3 Å². The van der Waals surface area contributed by atoms with Crippen molar-refractivity contribution in [3.63, 3.8) is 0 Å². The summed E-state index contributed by atoms with van der Waals surface area (Å²) in [5, 5.41) is 0. The zero-order chi connectivity index (χ0) is 16.2. The lowest BCUT2D eigenvalue weighted by atomic mass is 10.8. The molecule has 0 amide bonds. The van der Waals surface area contributed by atoms with E-state index in [0.29, 0.717) is 5.67 Å². The highest BCUT2D eigenvalue weighted by Crippen LogP contribution is 2.30. The summed E-state index contributed by atoms with van der Waals surface area (Å²) in [6, 6.07) is 1.03. The van der Waals surface area contributed by atoms with Gasteiger partial charge in [0.1, 0.15) is 16.5 Å². The quantitative estimate of drug-likeness (QED) is 0.582. The number of nitrogens with zero attached hydrogens (tertiary/aromatic N) is 1. The van der Waals surface area contributed by atoms with Crippen molar-refractivity contribution in [2.75, 3.05) is 13.2 Å². The Morgan fingerprint density at radius 1 is 0.800 bits per heavy atom. The molecule has 0 aliphatic carbocycles. The van der Waals surface area contributed by atoms with Crippen molar-refractivity contribution in [3.05, 3.63) is 0 Å². The zero-order valence-corrected chi connectivity index (χ0v) is 18.5. The predicted molar refractivity (Wildman–Crippen MR) is 97.5 cm³/mol. The van der Waals surface area contributed by atoms with Crippen LogP contribution in [0.15, 0.2) is 0 Å². The van der Waals surface area contributed by atoms with Crippen LogP contribution in [0.3, 0.4) is 0 Å². The second kappa shape index (κ2) is 7.69. The van der Waals surface area contributed by atoms with Gasteiger partial charge in [0, 0.05) is 18.9 Å². The summed E-state index contributed by atoms with van der Waals surface area (Å²) in [6.07, 6.45) is 0. The molecule has 0 aromatic carbocycles. The fourth-order valence-corrected chi connectivity index (χ4v) is 20.4. The minimum atomic E-state index is -2.16. The molecule has 0 radical (unpaired) electrons. The van der Waals surface area contributed by atoms with Crippen LogP contribution in [0.1, 0.15) is 27.7 Å². The van der Waals surface area contributed by atoms with Crippen LogP contribution in [0.25, 0.3) is 0 Å². The summed E-state index contributed by atoms with van der Waals surface area (Å²) >= 11 is 0. The fourth-order valence-electron chi connectivity index (χ4n) is 3.64. The highest BCUT2D eigenvalue weighted by molar-refractivity contribution is 6.91. The monoisotopic (exact) mass is 335 g/mol. The molecule has 0 spiro atoms. The van der Waals surface area contributed by atoms with Gasteiger partial charge < -0.3 is 13.1 Å². The van der Waals surface area contributed by atoms with Crippen molar-refractivity contribution in [2.24, 2.45) is 0 Å². The first-order valence-electron chi connectivity index (χ1n) is 8.03. The van der Waals surface area contributed by atoms with Crippen molar-refractivity contribution >= 4 is 25.0 Å². The third-order valence-corrected chi connectivity index (χ3v) is 16.0. The Morgan fingerprint density at radius 2 is 1.15 bits per heavy atom. The molecule has 122 valence electrons. The maximum absolute atomic E-state index is 6.27. The average molecular weight is 336 g/mol. The Morgan fingerprint density at radius 3 is 1.35 bits per heavy atom. The first-order valence-corrected chi connectivity index (χ1v) is 17.0. The standard InChI is InChI=1S/C14H37NO2Si3/c1-11-16-20(13-3,17-12-2)14(4)15(18(5,6)7)19(8,9)10/h14H,11-13H2,1-10H3. The Hall–Kier alpha value is 0.531. The summed E-state index contributed by atoms with van der Waals surface area (Å²) < 4.78 is 15.4. The van der Waals surface area contributed by atoms with Gasteiger partial charge in [0.05, 0.1) is 0 Å². The lowest BCUT2D eigenvalue weighted by Gasteiger charge is -2.52. The van der Waals surface area contributed by atoms with E-state index < -0.39 is 25.0 Å². The van der Waals surface area contributed by atoms with Crippen LogP contribution in [0, 0.1) is 0 Å². The molecule has 0 aromatic rings. The summed E-state index contributed by atoms with van der Waals surface area (Å²) in [5.74, 6) is 0. The summed E-state index contributed by atoms with van der Waals surface area (Å²) in [6.45, 7) is 25.0. The largest absolute Gasteiger partial charge is 0.394 e. The van der Waals surface area contributed by atoms with E-state index in [0.717, 1.165) is 19.3 Å². The minimum absolute atomic E-state index is 0.436. The lowest BCUT2D eigenvalue weighted by molar-refractivity contribution is 0.165. The van der Waals surface area contributed by atoms with Crippen molar-refractivity contribution in [3.8, 4) is 0 Å². The van der Waals surface area contributed by atoms with Gasteiger partial charge in [-0.2, -0.15) is 0 Å². The maximum atomic E-state index is 6.27. The number of hydrogen-bond donors (Lipinski definition) is 0. The molecule has 0 N–H and O–H groups in total. The van der Waals surface area contributed by atoms with Crippen LogP contribution in [0.4, 0.5) is 0 Å². The van der Waals surface area contributed by atoms with E-state index in [1.54, 1.807) is 0 Å². The first kappa shape index (κ1) is 20.5. The Balaban J connectivity index is 5.63. The van der Waals surface area contributed by atoms with Crippen LogP contribution in [-0.4, -0.2) is 48.1 Å². The minimum Gasteiger partial charge on any atom is -0.394 e.